The van der Waals surface area contributed by atoms with Gasteiger partial charge in [0.15, 0.2) is 0 Å². The number of methoxy groups -OCH3 is 2. The number of carbonyl (C=O) groups excluding carboxylic acids is 1. The molecule has 2 N–H and O–H groups in total. The minimum absolute atomic E-state index is 0.120. The lowest BCUT2D eigenvalue weighted by atomic mass is 9.88. The molecule has 5 rings (SSSR count). The number of aromatic nitrogens is 4. The van der Waals surface area contributed by atoms with Crippen LogP contribution in [0.25, 0.3) is 10.9 Å². The van der Waals surface area contributed by atoms with Gasteiger partial charge in [0.1, 0.15) is 17.8 Å². The van der Waals surface area contributed by atoms with Crippen molar-refractivity contribution in [1.29, 1.82) is 0 Å². The second-order valence-corrected chi connectivity index (χ2v) is 14.6. The van der Waals surface area contributed by atoms with Gasteiger partial charge in [0.25, 0.3) is 5.91 Å². The van der Waals surface area contributed by atoms with Gasteiger partial charge in [-0.3, -0.25) is 4.79 Å². The zero-order valence-corrected chi connectivity index (χ0v) is 28.9. The number of hydrogen-bond acceptors (Lipinski definition) is 10. The van der Waals surface area contributed by atoms with Gasteiger partial charge in [0, 0.05) is 51.8 Å². The lowest BCUT2D eigenvalue weighted by Gasteiger charge is -2.30. The maximum Gasteiger partial charge on any atom is 0.348 e. The van der Waals surface area contributed by atoms with Crippen LogP contribution in [0.3, 0.4) is 0 Å². The van der Waals surface area contributed by atoms with Crippen LogP contribution < -0.4 is 24.4 Å². The number of hydrogen-bond donors (Lipinski definition) is 2. The van der Waals surface area contributed by atoms with E-state index in [1.54, 1.807) is 48.5 Å². The minimum Gasteiger partial charge on any atom is -0.497 e. The van der Waals surface area contributed by atoms with E-state index in [1.165, 1.54) is 26.7 Å². The van der Waals surface area contributed by atoms with Gasteiger partial charge in [-0.25, -0.2) is 9.29 Å². The molecule has 0 bridgehead atoms. The van der Waals surface area contributed by atoms with E-state index in [1.807, 2.05) is 6.07 Å². The van der Waals surface area contributed by atoms with Crippen molar-refractivity contribution in [1.82, 2.24) is 23.9 Å². The van der Waals surface area contributed by atoms with Crippen molar-refractivity contribution in [2.24, 2.45) is 5.41 Å². The van der Waals surface area contributed by atoms with Crippen molar-refractivity contribution in [3.05, 3.63) is 95.8 Å². The normalized spacial score (nSPS) is 12.5. The van der Waals surface area contributed by atoms with Gasteiger partial charge >= 0.3 is 10.2 Å². The molecule has 0 aliphatic rings. The first-order valence-corrected chi connectivity index (χ1v) is 17.0. The summed E-state index contributed by atoms with van der Waals surface area (Å²) in [7, 11) is -1.36. The lowest BCUT2D eigenvalue weighted by Crippen LogP contribution is -2.36. The predicted octanol–water partition coefficient (Wildman–Crippen LogP) is 5.95. The van der Waals surface area contributed by atoms with Crippen LogP contribution in [0.2, 0.25) is 5.02 Å². The summed E-state index contributed by atoms with van der Waals surface area (Å²) in [6, 6.07) is 15.2. The third-order valence-corrected chi connectivity index (χ3v) is 10.2. The van der Waals surface area contributed by atoms with Crippen molar-refractivity contribution in [2.45, 2.75) is 39.9 Å². The molecule has 0 aliphatic carbocycles. The highest BCUT2D eigenvalue weighted by Gasteiger charge is 2.31. The molecule has 0 spiro atoms. The highest BCUT2D eigenvalue weighted by atomic mass is 35.5. The molecule has 1 radical (unpaired) electrons. The molecule has 3 aromatic carbocycles. The van der Waals surface area contributed by atoms with Crippen molar-refractivity contribution >= 4 is 61.0 Å². The molecule has 0 fully saturated rings. The largest absolute Gasteiger partial charge is 0.497 e. The van der Waals surface area contributed by atoms with Crippen LogP contribution in [0.1, 0.15) is 42.3 Å². The van der Waals surface area contributed by atoms with Gasteiger partial charge in [0.2, 0.25) is 5.13 Å². The van der Waals surface area contributed by atoms with Crippen LogP contribution >= 0.6 is 23.1 Å². The Bertz CT molecular complexity index is 1990. The highest BCUT2D eigenvalue weighted by Crippen LogP contribution is 2.32. The van der Waals surface area contributed by atoms with Gasteiger partial charge in [-0.1, -0.05) is 44.5 Å². The number of nitrogens with zero attached hydrogens (tertiary/aromatic N) is 5. The number of anilines is 2. The maximum absolute atomic E-state index is 14.2. The number of benzene rings is 3. The summed E-state index contributed by atoms with van der Waals surface area (Å²) in [5.74, 6) is 0.584. The molecule has 15 heteroatoms. The molecule has 247 valence electrons. The molecule has 12 nitrogen and oxygen atoms in total. The number of nitrogens with one attached hydrogen (secondary N) is 2. The summed E-state index contributed by atoms with van der Waals surface area (Å²) < 4.78 is 45.2. The van der Waals surface area contributed by atoms with Crippen molar-refractivity contribution < 1.29 is 22.7 Å². The second-order valence-electron chi connectivity index (χ2n) is 11.7. The Morgan fingerprint density at radius 1 is 1.11 bits per heavy atom. The molecule has 2 heterocycles. The van der Waals surface area contributed by atoms with Crippen LogP contribution in [0.5, 0.6) is 11.5 Å². The smallest absolute Gasteiger partial charge is 0.348 e. The van der Waals surface area contributed by atoms with Crippen LogP contribution in [0.4, 0.5) is 10.8 Å². The van der Waals surface area contributed by atoms with Gasteiger partial charge in [-0.15, -0.1) is 4.09 Å². The van der Waals surface area contributed by atoms with E-state index in [-0.39, 0.29) is 40.8 Å². The molecule has 47 heavy (non-hydrogen) atoms. The molecule has 5 aromatic rings. The Hall–Kier alpha value is -4.40. The zero-order chi connectivity index (χ0) is 33.9. The van der Waals surface area contributed by atoms with Gasteiger partial charge in [-0.2, -0.15) is 17.9 Å². The van der Waals surface area contributed by atoms with Gasteiger partial charge in [0.05, 0.1) is 38.0 Å². The molecule has 2 aromatic heterocycles. The van der Waals surface area contributed by atoms with Crippen molar-refractivity contribution in [3.8, 4) is 11.5 Å². The van der Waals surface area contributed by atoms with Crippen LogP contribution in [0, 0.1) is 12.3 Å². The fourth-order valence-electron chi connectivity index (χ4n) is 4.68. The summed E-state index contributed by atoms with van der Waals surface area (Å²) in [5, 5.41) is 11.6. The highest BCUT2D eigenvalue weighted by molar-refractivity contribution is 7.91. The third kappa shape index (κ3) is 7.29. The van der Waals surface area contributed by atoms with Crippen LogP contribution in [0.15, 0.2) is 67.1 Å². The Labute approximate surface area is 283 Å². The molecule has 0 saturated carbocycles. The summed E-state index contributed by atoms with van der Waals surface area (Å²) in [5.41, 5.74) is 2.49. The first kappa shape index (κ1) is 33.9. The Morgan fingerprint density at radius 3 is 2.55 bits per heavy atom. The monoisotopic (exact) mass is 696 g/mol. The molecular formula is C32H35ClN7O5S2. The minimum atomic E-state index is -4.38. The van der Waals surface area contributed by atoms with Crippen molar-refractivity contribution in [2.75, 3.05) is 23.8 Å². The molecule has 1 amide bonds. The fraction of sp³-hybridized carbons (Fsp3) is 0.281. The van der Waals surface area contributed by atoms with E-state index >= 15 is 0 Å². The Balaban J connectivity index is 1.44. The summed E-state index contributed by atoms with van der Waals surface area (Å²) >= 11 is 7.20. The number of ether oxygens (including phenoxy) is 2. The SMILES string of the molecule is [CH2]C(Nc1cc(Cl)ccc1CNC(=O)c1cccc2c1cnn2S(=O)(=O)N(Cc1ccc(OC)cc1OC)c1ncns1)C(C)(C)C. The molecule has 0 aliphatic heterocycles. The van der Waals surface area contributed by atoms with E-state index < -0.39 is 16.1 Å². The summed E-state index contributed by atoms with van der Waals surface area (Å²) in [4.78, 5) is 17.7. The van der Waals surface area contributed by atoms with Gasteiger partial charge < -0.3 is 20.1 Å². The lowest BCUT2D eigenvalue weighted by molar-refractivity contribution is 0.0952. The second kappa shape index (κ2) is 13.8. The Morgan fingerprint density at radius 2 is 1.87 bits per heavy atom. The van der Waals surface area contributed by atoms with Gasteiger partial charge in [-0.05, 0) is 54.3 Å². The van der Waals surface area contributed by atoms with E-state index in [0.717, 1.165) is 31.2 Å². The molecule has 1 atom stereocenters. The van der Waals surface area contributed by atoms with E-state index in [4.69, 9.17) is 21.1 Å². The topological polar surface area (TPSA) is 141 Å². The van der Waals surface area contributed by atoms with Crippen LogP contribution in [-0.4, -0.2) is 53.1 Å². The quantitative estimate of drug-likeness (QED) is 0.162. The van der Waals surface area contributed by atoms with Crippen molar-refractivity contribution in [3.63, 3.8) is 0 Å². The maximum atomic E-state index is 14.2. The van der Waals surface area contributed by atoms with Crippen LogP contribution in [-0.2, 0) is 23.3 Å². The number of carbonyl (C=O) groups is 1. The first-order chi connectivity index (χ1) is 22.3. The van der Waals surface area contributed by atoms with E-state index in [9.17, 15) is 13.2 Å². The molecule has 1 unspecified atom stereocenters. The van der Waals surface area contributed by atoms with E-state index in [2.05, 4.69) is 52.8 Å². The number of fused-ring (bicyclic) bond motifs is 1. The zero-order valence-electron chi connectivity index (χ0n) is 26.5. The summed E-state index contributed by atoms with van der Waals surface area (Å²) in [6.07, 6.45) is 2.64. The number of rotatable bonds is 12. The number of halogens is 1. The standard InChI is InChI=1S/C32H35ClN7O5S2/c1-20(32(2,3)4)38-27-14-23(33)12-10-21(27)16-34-30(41)25-8-7-9-28-26(25)17-36-40(28)47(42,43)39(31-35-19-37-46-31)18-22-11-13-24(44-5)15-29(22)45-6/h7-15,17,19-20,38H,1,16,18H2,2-6H3,(H,34,41). The average molecular weight is 697 g/mol. The molecular weight excluding hydrogens is 662 g/mol. The summed E-state index contributed by atoms with van der Waals surface area (Å²) in [6.45, 7) is 10.5. The fourth-order valence-corrected chi connectivity index (χ4v) is 6.98. The molecule has 0 saturated heterocycles. The van der Waals surface area contributed by atoms with E-state index in [0.29, 0.717) is 27.5 Å². The Kier molecular flexibility index (Phi) is 9.94. The third-order valence-electron chi connectivity index (χ3n) is 7.58. The average Bonchev–Trinajstić information content (AvgIpc) is 3.73. The number of amides is 1. The first-order valence-electron chi connectivity index (χ1n) is 14.5. The predicted molar refractivity (Wildman–Crippen MR) is 185 cm³/mol.